The molecule has 0 radical (unpaired) electrons. The second-order valence-corrected chi connectivity index (χ2v) is 4.34. The van der Waals surface area contributed by atoms with Crippen LogP contribution in [0, 0.1) is 5.92 Å². The van der Waals surface area contributed by atoms with E-state index in [-0.39, 0.29) is 0 Å². The Hall–Kier alpha value is -0.540. The number of rotatable bonds is 5. The van der Waals surface area contributed by atoms with Crippen molar-refractivity contribution in [3.05, 3.63) is 16.8 Å². The standard InChI is InChI=1S/C10H15NOS/c1-12-6-10(8-2-3-8)11-9-4-5-13-7-9/h4-5,7-8,10-11H,2-3,6H2,1H3. The van der Waals surface area contributed by atoms with Crippen LogP contribution in [0.5, 0.6) is 0 Å². The Morgan fingerprint density at radius 2 is 2.54 bits per heavy atom. The normalized spacial score (nSPS) is 18.5. The predicted molar refractivity (Wildman–Crippen MR) is 56.3 cm³/mol. The van der Waals surface area contributed by atoms with Gasteiger partial charge in [0.25, 0.3) is 0 Å². The highest BCUT2D eigenvalue weighted by Gasteiger charge is 2.30. The van der Waals surface area contributed by atoms with E-state index in [1.54, 1.807) is 18.4 Å². The summed E-state index contributed by atoms with van der Waals surface area (Å²) in [6.45, 7) is 0.820. The van der Waals surface area contributed by atoms with Gasteiger partial charge in [-0.1, -0.05) is 0 Å². The average molecular weight is 197 g/mol. The first-order chi connectivity index (χ1) is 6.40. The quantitative estimate of drug-likeness (QED) is 0.783. The highest BCUT2D eigenvalue weighted by molar-refractivity contribution is 7.08. The molecule has 1 atom stereocenters. The Morgan fingerprint density at radius 3 is 3.08 bits per heavy atom. The van der Waals surface area contributed by atoms with Crippen molar-refractivity contribution in [2.45, 2.75) is 18.9 Å². The van der Waals surface area contributed by atoms with Crippen molar-refractivity contribution in [2.24, 2.45) is 5.92 Å². The highest BCUT2D eigenvalue weighted by atomic mass is 32.1. The fourth-order valence-corrected chi connectivity index (χ4v) is 2.13. The number of anilines is 1. The molecule has 0 saturated heterocycles. The maximum absolute atomic E-state index is 5.19. The maximum Gasteiger partial charge on any atom is 0.0666 e. The summed E-state index contributed by atoms with van der Waals surface area (Å²) in [6, 6.07) is 2.63. The molecule has 1 aromatic rings. The molecule has 1 aliphatic rings. The maximum atomic E-state index is 5.19. The van der Waals surface area contributed by atoms with E-state index in [4.69, 9.17) is 4.74 Å². The molecule has 0 aliphatic heterocycles. The van der Waals surface area contributed by atoms with Crippen molar-refractivity contribution < 1.29 is 4.74 Å². The van der Waals surface area contributed by atoms with Crippen LogP contribution < -0.4 is 5.32 Å². The summed E-state index contributed by atoms with van der Waals surface area (Å²) in [5.74, 6) is 0.833. The topological polar surface area (TPSA) is 21.3 Å². The van der Waals surface area contributed by atoms with Crippen molar-refractivity contribution in [3.8, 4) is 0 Å². The van der Waals surface area contributed by atoms with Gasteiger partial charge < -0.3 is 10.1 Å². The molecule has 1 N–H and O–H groups in total. The summed E-state index contributed by atoms with van der Waals surface area (Å²) in [6.07, 6.45) is 2.70. The van der Waals surface area contributed by atoms with Gasteiger partial charge in [-0.15, -0.1) is 0 Å². The fourth-order valence-electron chi connectivity index (χ4n) is 1.53. The molecule has 13 heavy (non-hydrogen) atoms. The fraction of sp³-hybridized carbons (Fsp3) is 0.600. The molecule has 0 spiro atoms. The van der Waals surface area contributed by atoms with Gasteiger partial charge in [0.2, 0.25) is 0 Å². The third-order valence-electron chi connectivity index (χ3n) is 2.41. The Balaban J connectivity index is 1.89. The summed E-state index contributed by atoms with van der Waals surface area (Å²) in [5.41, 5.74) is 1.24. The van der Waals surface area contributed by atoms with Gasteiger partial charge in [0.15, 0.2) is 0 Å². The molecule has 2 nitrogen and oxygen atoms in total. The zero-order valence-corrected chi connectivity index (χ0v) is 8.64. The molecule has 1 heterocycles. The van der Waals surface area contributed by atoms with Crippen LogP contribution in [0.2, 0.25) is 0 Å². The molecular formula is C10H15NOS. The minimum atomic E-state index is 0.514. The van der Waals surface area contributed by atoms with Crippen LogP contribution in [0.3, 0.4) is 0 Å². The zero-order valence-electron chi connectivity index (χ0n) is 7.82. The van der Waals surface area contributed by atoms with Gasteiger partial charge in [-0.25, -0.2) is 0 Å². The largest absolute Gasteiger partial charge is 0.383 e. The molecule has 1 fully saturated rings. The van der Waals surface area contributed by atoms with Gasteiger partial charge in [0.1, 0.15) is 0 Å². The number of hydrogen-bond acceptors (Lipinski definition) is 3. The molecule has 0 aromatic carbocycles. The molecule has 1 unspecified atom stereocenters. The zero-order chi connectivity index (χ0) is 9.10. The van der Waals surface area contributed by atoms with Crippen LogP contribution in [0.15, 0.2) is 16.8 Å². The Morgan fingerprint density at radius 1 is 1.69 bits per heavy atom. The molecule has 0 amide bonds. The summed E-state index contributed by atoms with van der Waals surface area (Å²) in [4.78, 5) is 0. The minimum absolute atomic E-state index is 0.514. The number of thiophene rings is 1. The summed E-state index contributed by atoms with van der Waals surface area (Å²) in [5, 5.41) is 7.75. The van der Waals surface area contributed by atoms with Gasteiger partial charge in [-0.2, -0.15) is 11.3 Å². The van der Waals surface area contributed by atoms with Crippen LogP contribution in [0.25, 0.3) is 0 Å². The van der Waals surface area contributed by atoms with Gasteiger partial charge in [0.05, 0.1) is 12.6 Å². The Kier molecular flexibility index (Phi) is 2.86. The third-order valence-corrected chi connectivity index (χ3v) is 3.09. The SMILES string of the molecule is COCC(Nc1ccsc1)C1CC1. The van der Waals surface area contributed by atoms with Crippen molar-refractivity contribution in [2.75, 3.05) is 19.0 Å². The van der Waals surface area contributed by atoms with E-state index in [0.29, 0.717) is 6.04 Å². The number of hydrogen-bond donors (Lipinski definition) is 1. The van der Waals surface area contributed by atoms with Crippen molar-refractivity contribution >= 4 is 17.0 Å². The van der Waals surface area contributed by atoms with Crippen LogP contribution in [0.1, 0.15) is 12.8 Å². The second kappa shape index (κ2) is 4.11. The minimum Gasteiger partial charge on any atom is -0.383 e. The lowest BCUT2D eigenvalue weighted by Gasteiger charge is -2.17. The molecule has 1 aromatic heterocycles. The van der Waals surface area contributed by atoms with Gasteiger partial charge in [-0.3, -0.25) is 0 Å². The monoisotopic (exact) mass is 197 g/mol. The molecule has 3 heteroatoms. The summed E-state index contributed by atoms with van der Waals surface area (Å²) in [7, 11) is 1.77. The smallest absolute Gasteiger partial charge is 0.0666 e. The number of nitrogens with one attached hydrogen (secondary N) is 1. The predicted octanol–water partition coefficient (Wildman–Crippen LogP) is 2.59. The highest BCUT2D eigenvalue weighted by Crippen LogP contribution is 2.34. The lowest BCUT2D eigenvalue weighted by Crippen LogP contribution is -2.26. The Bertz CT molecular complexity index is 243. The van der Waals surface area contributed by atoms with E-state index >= 15 is 0 Å². The molecule has 0 bridgehead atoms. The van der Waals surface area contributed by atoms with Crippen LogP contribution in [-0.2, 0) is 4.74 Å². The second-order valence-electron chi connectivity index (χ2n) is 3.56. The van der Waals surface area contributed by atoms with Crippen molar-refractivity contribution in [1.29, 1.82) is 0 Å². The van der Waals surface area contributed by atoms with E-state index in [1.165, 1.54) is 18.5 Å². The van der Waals surface area contributed by atoms with Gasteiger partial charge >= 0.3 is 0 Å². The van der Waals surface area contributed by atoms with E-state index in [1.807, 2.05) is 0 Å². The molecular weight excluding hydrogens is 182 g/mol. The molecule has 1 saturated carbocycles. The lowest BCUT2D eigenvalue weighted by atomic mass is 10.2. The lowest BCUT2D eigenvalue weighted by molar-refractivity contribution is 0.179. The van der Waals surface area contributed by atoms with E-state index in [0.717, 1.165) is 12.5 Å². The third kappa shape index (κ3) is 2.45. The van der Waals surface area contributed by atoms with Gasteiger partial charge in [0, 0.05) is 18.2 Å². The summed E-state index contributed by atoms with van der Waals surface area (Å²) < 4.78 is 5.19. The number of methoxy groups -OCH3 is 1. The first-order valence-corrected chi connectivity index (χ1v) is 5.62. The average Bonchev–Trinajstić information content (AvgIpc) is 2.85. The van der Waals surface area contributed by atoms with Crippen LogP contribution in [-0.4, -0.2) is 19.8 Å². The molecule has 2 rings (SSSR count). The molecule has 72 valence electrons. The van der Waals surface area contributed by atoms with E-state index in [9.17, 15) is 0 Å². The van der Waals surface area contributed by atoms with Crippen molar-refractivity contribution in [1.82, 2.24) is 0 Å². The summed E-state index contributed by atoms with van der Waals surface area (Å²) >= 11 is 1.73. The van der Waals surface area contributed by atoms with Crippen LogP contribution >= 0.6 is 11.3 Å². The van der Waals surface area contributed by atoms with Gasteiger partial charge in [-0.05, 0) is 30.2 Å². The molecule has 1 aliphatic carbocycles. The van der Waals surface area contributed by atoms with E-state index in [2.05, 4.69) is 22.1 Å². The first-order valence-electron chi connectivity index (χ1n) is 4.68. The van der Waals surface area contributed by atoms with Crippen molar-refractivity contribution in [3.63, 3.8) is 0 Å². The van der Waals surface area contributed by atoms with E-state index < -0.39 is 0 Å². The first kappa shape index (κ1) is 9.03. The van der Waals surface area contributed by atoms with Crippen LogP contribution in [0.4, 0.5) is 5.69 Å². The number of ether oxygens (including phenoxy) is 1. The Labute approximate surface area is 82.9 Å².